The Bertz CT molecular complexity index is 464. The number of hydrogen-bond acceptors (Lipinski definition) is 2. The molecule has 0 radical (unpaired) electrons. The van der Waals surface area contributed by atoms with Crippen molar-refractivity contribution >= 4 is 71.7 Å². The van der Waals surface area contributed by atoms with Gasteiger partial charge in [0.2, 0.25) is 0 Å². The van der Waals surface area contributed by atoms with Crippen molar-refractivity contribution in [3.05, 3.63) is 27.3 Å². The average Bonchev–Trinajstić information content (AvgIpc) is 2.55. The molecule has 74 valence electrons. The second kappa shape index (κ2) is 4.72. The Morgan fingerprint density at radius 2 is 2.29 bits per heavy atom. The van der Waals surface area contributed by atoms with Crippen molar-refractivity contribution in [2.24, 2.45) is 0 Å². The smallest absolute Gasteiger partial charge is 0.0742 e. The Kier molecular flexibility index (Phi) is 3.79. The first-order chi connectivity index (χ1) is 6.76. The van der Waals surface area contributed by atoms with Gasteiger partial charge in [-0.15, -0.1) is 23.1 Å². The number of thiophene rings is 1. The minimum absolute atomic E-state index is 0.934. The maximum atomic E-state index is 3.49. The summed E-state index contributed by atoms with van der Waals surface area (Å²) in [6.07, 6.45) is 2.14. The number of alkyl halides is 1. The molecular formula is C10H8BrIS2. The first-order valence-electron chi connectivity index (χ1n) is 4.07. The third-order valence-electron chi connectivity index (χ3n) is 2.00. The lowest BCUT2D eigenvalue weighted by Gasteiger charge is -1.95. The second-order valence-electron chi connectivity index (χ2n) is 2.87. The van der Waals surface area contributed by atoms with Gasteiger partial charge in [0.1, 0.15) is 0 Å². The summed E-state index contributed by atoms with van der Waals surface area (Å²) in [6, 6.07) is 6.69. The molecular weight excluding hydrogens is 391 g/mol. The molecule has 1 aromatic heterocycles. The lowest BCUT2D eigenvalue weighted by Crippen LogP contribution is -1.76. The Balaban J connectivity index is 2.68. The van der Waals surface area contributed by atoms with E-state index in [4.69, 9.17) is 0 Å². The van der Waals surface area contributed by atoms with Crippen LogP contribution >= 0.6 is 61.6 Å². The minimum Gasteiger partial charge on any atom is -0.128 e. The molecule has 1 aromatic carbocycles. The van der Waals surface area contributed by atoms with Gasteiger partial charge in [0.15, 0.2) is 0 Å². The quantitative estimate of drug-likeness (QED) is 0.384. The van der Waals surface area contributed by atoms with Crippen molar-refractivity contribution in [1.29, 1.82) is 0 Å². The number of benzene rings is 1. The van der Waals surface area contributed by atoms with E-state index in [0.717, 1.165) is 5.33 Å². The number of thioether (sulfide) groups is 1. The zero-order valence-electron chi connectivity index (χ0n) is 7.51. The van der Waals surface area contributed by atoms with Crippen molar-refractivity contribution in [2.45, 2.75) is 9.54 Å². The molecule has 2 aromatic rings. The normalized spacial score (nSPS) is 11.1. The van der Waals surface area contributed by atoms with Gasteiger partial charge in [0.05, 0.1) is 4.21 Å². The summed E-state index contributed by atoms with van der Waals surface area (Å²) in [5, 5.41) is 2.33. The third-order valence-corrected chi connectivity index (χ3v) is 6.79. The van der Waals surface area contributed by atoms with Crippen LogP contribution in [0.3, 0.4) is 0 Å². The van der Waals surface area contributed by atoms with Gasteiger partial charge in [0.25, 0.3) is 0 Å². The van der Waals surface area contributed by atoms with Crippen LogP contribution in [0.5, 0.6) is 0 Å². The van der Waals surface area contributed by atoms with E-state index in [2.05, 4.69) is 63.0 Å². The van der Waals surface area contributed by atoms with E-state index in [9.17, 15) is 0 Å². The van der Waals surface area contributed by atoms with E-state index in [1.807, 2.05) is 23.1 Å². The first-order valence-corrected chi connectivity index (χ1v) is 8.31. The molecule has 0 saturated carbocycles. The molecule has 0 N–H and O–H groups in total. The highest BCUT2D eigenvalue weighted by molar-refractivity contribution is 14.1. The molecule has 0 saturated heterocycles. The fourth-order valence-electron chi connectivity index (χ4n) is 1.31. The summed E-state index contributed by atoms with van der Waals surface area (Å²) in [7, 11) is 0. The van der Waals surface area contributed by atoms with Gasteiger partial charge in [0, 0.05) is 19.0 Å². The monoisotopic (exact) mass is 398 g/mol. The van der Waals surface area contributed by atoms with Crippen LogP contribution in [-0.4, -0.2) is 6.26 Å². The summed E-state index contributed by atoms with van der Waals surface area (Å²) >= 11 is 9.65. The van der Waals surface area contributed by atoms with Gasteiger partial charge >= 0.3 is 0 Å². The minimum atomic E-state index is 0.934. The fourth-order valence-corrected chi connectivity index (χ4v) is 4.97. The Morgan fingerprint density at radius 1 is 1.50 bits per heavy atom. The average molecular weight is 399 g/mol. The van der Waals surface area contributed by atoms with E-state index in [-0.39, 0.29) is 0 Å². The van der Waals surface area contributed by atoms with Crippen LogP contribution in [0.1, 0.15) is 5.56 Å². The second-order valence-corrected chi connectivity index (χ2v) is 6.64. The molecule has 0 atom stereocenters. The summed E-state index contributed by atoms with van der Waals surface area (Å²) in [6.45, 7) is 0. The standard InChI is InChI=1S/C10H8BrIS2/c1-13-10-9(12)7-4-6(5-11)2-3-8(7)14-10/h2-4H,5H2,1H3. The largest absolute Gasteiger partial charge is 0.128 e. The molecule has 0 amide bonds. The van der Waals surface area contributed by atoms with Gasteiger partial charge in [-0.3, -0.25) is 0 Å². The van der Waals surface area contributed by atoms with E-state index in [1.54, 1.807) is 0 Å². The van der Waals surface area contributed by atoms with E-state index in [1.165, 1.54) is 23.4 Å². The van der Waals surface area contributed by atoms with Gasteiger partial charge in [-0.1, -0.05) is 22.0 Å². The van der Waals surface area contributed by atoms with Crippen molar-refractivity contribution in [3.63, 3.8) is 0 Å². The Morgan fingerprint density at radius 3 is 2.93 bits per heavy atom. The van der Waals surface area contributed by atoms with Crippen molar-refractivity contribution in [3.8, 4) is 0 Å². The number of rotatable bonds is 2. The summed E-state index contributed by atoms with van der Waals surface area (Å²) in [4.78, 5) is 0. The van der Waals surface area contributed by atoms with Crippen molar-refractivity contribution in [1.82, 2.24) is 0 Å². The van der Waals surface area contributed by atoms with Crippen LogP contribution in [-0.2, 0) is 5.33 Å². The van der Waals surface area contributed by atoms with Crippen LogP contribution in [0.15, 0.2) is 22.4 Å². The molecule has 0 nitrogen and oxygen atoms in total. The molecule has 1 heterocycles. The van der Waals surface area contributed by atoms with Gasteiger partial charge in [-0.05, 0) is 46.5 Å². The molecule has 0 bridgehead atoms. The van der Waals surface area contributed by atoms with Crippen LogP contribution in [0.2, 0.25) is 0 Å². The lowest BCUT2D eigenvalue weighted by atomic mass is 10.2. The first kappa shape index (κ1) is 11.2. The molecule has 4 heteroatoms. The maximum absolute atomic E-state index is 3.49. The predicted molar refractivity (Wildman–Crippen MR) is 79.0 cm³/mol. The van der Waals surface area contributed by atoms with E-state index in [0.29, 0.717) is 0 Å². The molecule has 0 spiro atoms. The van der Waals surface area contributed by atoms with Crippen LogP contribution in [0, 0.1) is 3.57 Å². The molecule has 0 aliphatic rings. The summed E-state index contributed by atoms with van der Waals surface area (Å²) < 4.78 is 4.22. The highest BCUT2D eigenvalue weighted by atomic mass is 127. The van der Waals surface area contributed by atoms with Crippen molar-refractivity contribution in [2.75, 3.05) is 6.26 Å². The number of hydrogen-bond donors (Lipinski definition) is 0. The summed E-state index contributed by atoms with van der Waals surface area (Å²) in [5.74, 6) is 0. The van der Waals surface area contributed by atoms with Crippen LogP contribution in [0.4, 0.5) is 0 Å². The molecule has 0 aliphatic carbocycles. The SMILES string of the molecule is CSc1sc2ccc(CBr)cc2c1I. The van der Waals surface area contributed by atoms with Gasteiger partial charge in [-0.25, -0.2) is 0 Å². The van der Waals surface area contributed by atoms with Gasteiger partial charge < -0.3 is 0 Å². The lowest BCUT2D eigenvalue weighted by molar-refractivity contribution is 1.47. The van der Waals surface area contributed by atoms with Crippen LogP contribution < -0.4 is 0 Å². The zero-order valence-corrected chi connectivity index (χ0v) is 12.9. The van der Waals surface area contributed by atoms with Crippen LogP contribution in [0.25, 0.3) is 10.1 Å². The third kappa shape index (κ3) is 1.99. The number of halogens is 2. The zero-order chi connectivity index (χ0) is 10.1. The van der Waals surface area contributed by atoms with Crippen molar-refractivity contribution < 1.29 is 0 Å². The molecule has 0 fully saturated rings. The summed E-state index contributed by atoms with van der Waals surface area (Å²) in [5.41, 5.74) is 1.35. The fraction of sp³-hybridized carbons (Fsp3) is 0.200. The highest BCUT2D eigenvalue weighted by Crippen LogP contribution is 2.38. The Labute approximate surface area is 114 Å². The Hall–Kier alpha value is 0.740. The topological polar surface area (TPSA) is 0 Å². The van der Waals surface area contributed by atoms with E-state index >= 15 is 0 Å². The molecule has 0 aliphatic heterocycles. The maximum Gasteiger partial charge on any atom is 0.0742 e. The molecule has 0 unspecified atom stereocenters. The van der Waals surface area contributed by atoms with Gasteiger partial charge in [-0.2, -0.15) is 0 Å². The molecule has 14 heavy (non-hydrogen) atoms. The highest BCUT2D eigenvalue weighted by Gasteiger charge is 2.08. The predicted octanol–water partition coefficient (Wildman–Crippen LogP) is 5.12. The number of fused-ring (bicyclic) bond motifs is 1. The van der Waals surface area contributed by atoms with E-state index < -0.39 is 0 Å². The molecule has 2 rings (SSSR count).